The van der Waals surface area contributed by atoms with Gasteiger partial charge in [-0.15, -0.1) is 0 Å². The molecule has 0 fully saturated rings. The molecule has 0 aliphatic carbocycles. The lowest BCUT2D eigenvalue weighted by molar-refractivity contribution is 0.0987. The monoisotopic (exact) mass is 316 g/mol. The lowest BCUT2D eigenvalue weighted by atomic mass is 10.3. The summed E-state index contributed by atoms with van der Waals surface area (Å²) in [5, 5.41) is 5.72. The summed E-state index contributed by atoms with van der Waals surface area (Å²) in [6, 6.07) is 6.22. The molecule has 0 radical (unpaired) electrons. The second-order valence-electron chi connectivity index (χ2n) is 4.09. The number of anilines is 1. The number of carbonyl (C=O) groups is 1. The predicted molar refractivity (Wildman–Crippen MR) is 68.8 cm³/mol. The number of nitrogens with zero attached hydrogens (tertiary/aromatic N) is 1. The van der Waals surface area contributed by atoms with Gasteiger partial charge in [0.25, 0.3) is 5.91 Å². The lowest BCUT2D eigenvalue weighted by Gasteiger charge is -2.10. The normalized spacial score (nSPS) is 11.6. The minimum Gasteiger partial charge on any atom is -0.351 e. The molecule has 6 nitrogen and oxygen atoms in total. The standard InChI is InChI=1S/C12H10F2N2O4S/c1-7-6-9(20-16-7)11(17)15-8-4-2-3-5-10(8)21(18,19)12(13)14/h2-6,12H,1H3,(H,15,17). The van der Waals surface area contributed by atoms with Crippen LogP contribution in [-0.4, -0.2) is 25.2 Å². The Kier molecular flexibility index (Phi) is 4.03. The van der Waals surface area contributed by atoms with Crippen LogP contribution in [0.2, 0.25) is 0 Å². The van der Waals surface area contributed by atoms with Crippen LogP contribution < -0.4 is 5.32 Å². The Morgan fingerprint density at radius 3 is 2.57 bits per heavy atom. The van der Waals surface area contributed by atoms with E-state index in [9.17, 15) is 22.0 Å². The molecule has 0 saturated carbocycles. The van der Waals surface area contributed by atoms with Crippen LogP contribution in [0.3, 0.4) is 0 Å². The fourth-order valence-electron chi connectivity index (χ4n) is 1.57. The van der Waals surface area contributed by atoms with Gasteiger partial charge in [-0.25, -0.2) is 8.42 Å². The Morgan fingerprint density at radius 1 is 1.33 bits per heavy atom. The first-order valence-corrected chi connectivity index (χ1v) is 7.23. The molecule has 0 spiro atoms. The van der Waals surface area contributed by atoms with Crippen molar-refractivity contribution in [2.45, 2.75) is 17.6 Å². The fourth-order valence-corrected chi connectivity index (χ4v) is 2.45. The molecule has 0 aliphatic rings. The van der Waals surface area contributed by atoms with E-state index in [4.69, 9.17) is 4.52 Å². The summed E-state index contributed by atoms with van der Waals surface area (Å²) in [6.45, 7) is 1.59. The van der Waals surface area contributed by atoms with E-state index < -0.39 is 26.4 Å². The molecule has 1 N–H and O–H groups in total. The van der Waals surface area contributed by atoms with Gasteiger partial charge >= 0.3 is 5.76 Å². The summed E-state index contributed by atoms with van der Waals surface area (Å²) in [5.74, 6) is -4.52. The third-order valence-corrected chi connectivity index (χ3v) is 3.97. The fraction of sp³-hybridized carbons (Fsp3) is 0.167. The zero-order valence-electron chi connectivity index (χ0n) is 10.7. The number of rotatable bonds is 4. The third-order valence-electron chi connectivity index (χ3n) is 2.53. The molecule has 9 heteroatoms. The van der Waals surface area contributed by atoms with Crippen molar-refractivity contribution in [3.63, 3.8) is 0 Å². The molecular weight excluding hydrogens is 306 g/mol. The van der Waals surface area contributed by atoms with Crippen molar-refractivity contribution < 1.29 is 26.5 Å². The van der Waals surface area contributed by atoms with Crippen LogP contribution in [0.15, 0.2) is 39.8 Å². The van der Waals surface area contributed by atoms with Gasteiger partial charge in [0.15, 0.2) is 0 Å². The summed E-state index contributed by atoms with van der Waals surface area (Å²) < 4.78 is 53.0. The maximum absolute atomic E-state index is 12.6. The second kappa shape index (κ2) is 5.60. The van der Waals surface area contributed by atoms with Crippen molar-refractivity contribution in [1.29, 1.82) is 0 Å². The van der Waals surface area contributed by atoms with Gasteiger partial charge in [-0.2, -0.15) is 8.78 Å². The molecule has 0 atom stereocenters. The van der Waals surface area contributed by atoms with Gasteiger partial charge in [0.05, 0.1) is 16.3 Å². The Morgan fingerprint density at radius 2 is 2.00 bits per heavy atom. The van der Waals surface area contributed by atoms with Crippen LogP contribution in [0, 0.1) is 6.92 Å². The maximum atomic E-state index is 12.6. The molecule has 0 saturated heterocycles. The van der Waals surface area contributed by atoms with Crippen molar-refractivity contribution in [2.75, 3.05) is 5.32 Å². The highest BCUT2D eigenvalue weighted by Crippen LogP contribution is 2.26. The van der Waals surface area contributed by atoms with E-state index in [1.54, 1.807) is 6.92 Å². The zero-order valence-corrected chi connectivity index (χ0v) is 11.5. The van der Waals surface area contributed by atoms with Crippen LogP contribution in [0.1, 0.15) is 16.2 Å². The van der Waals surface area contributed by atoms with Crippen LogP contribution in [-0.2, 0) is 9.84 Å². The van der Waals surface area contributed by atoms with E-state index >= 15 is 0 Å². The number of carbonyl (C=O) groups excluding carboxylic acids is 1. The number of benzene rings is 1. The van der Waals surface area contributed by atoms with Gasteiger partial charge in [-0.3, -0.25) is 4.79 Å². The number of hydrogen-bond donors (Lipinski definition) is 1. The number of alkyl halides is 2. The van der Waals surface area contributed by atoms with Crippen molar-refractivity contribution in [2.24, 2.45) is 0 Å². The smallest absolute Gasteiger partial charge is 0.341 e. The van der Waals surface area contributed by atoms with Crippen LogP contribution >= 0.6 is 0 Å². The Bertz CT molecular complexity index is 771. The number of aromatic nitrogens is 1. The molecule has 2 aromatic rings. The summed E-state index contributed by atoms with van der Waals surface area (Å²) in [4.78, 5) is 11.2. The van der Waals surface area contributed by atoms with Gasteiger partial charge < -0.3 is 9.84 Å². The minimum absolute atomic E-state index is 0.156. The quantitative estimate of drug-likeness (QED) is 0.934. The topological polar surface area (TPSA) is 89.3 Å². The van der Waals surface area contributed by atoms with E-state index in [0.717, 1.165) is 6.07 Å². The van der Waals surface area contributed by atoms with Crippen molar-refractivity contribution in [1.82, 2.24) is 5.16 Å². The largest absolute Gasteiger partial charge is 0.351 e. The van der Waals surface area contributed by atoms with E-state index in [1.807, 2.05) is 0 Å². The molecule has 2 rings (SSSR count). The maximum Gasteiger partial charge on any atom is 0.341 e. The van der Waals surface area contributed by atoms with Gasteiger partial charge in [-0.1, -0.05) is 17.3 Å². The first-order chi connectivity index (χ1) is 9.82. The highest BCUT2D eigenvalue weighted by Gasteiger charge is 2.29. The SMILES string of the molecule is Cc1cc(C(=O)Nc2ccccc2S(=O)(=O)C(F)F)on1. The molecule has 1 amide bonds. The van der Waals surface area contributed by atoms with E-state index in [0.29, 0.717) is 5.69 Å². The van der Waals surface area contributed by atoms with Crippen molar-refractivity contribution in [3.05, 3.63) is 41.8 Å². The van der Waals surface area contributed by atoms with Gasteiger partial charge in [-0.05, 0) is 19.1 Å². The number of para-hydroxylation sites is 1. The lowest BCUT2D eigenvalue weighted by Crippen LogP contribution is -2.17. The molecule has 0 unspecified atom stereocenters. The first-order valence-electron chi connectivity index (χ1n) is 5.68. The minimum atomic E-state index is -4.82. The van der Waals surface area contributed by atoms with E-state index in [2.05, 4.69) is 10.5 Å². The first kappa shape index (κ1) is 15.1. The summed E-state index contributed by atoms with van der Waals surface area (Å²) in [7, 11) is -4.82. The number of halogens is 2. The number of amides is 1. The van der Waals surface area contributed by atoms with E-state index in [1.165, 1.54) is 24.3 Å². The number of sulfone groups is 1. The molecule has 112 valence electrons. The van der Waals surface area contributed by atoms with E-state index in [-0.39, 0.29) is 11.4 Å². The third kappa shape index (κ3) is 3.07. The number of aryl methyl sites for hydroxylation is 1. The molecule has 0 bridgehead atoms. The second-order valence-corrected chi connectivity index (χ2v) is 5.97. The van der Waals surface area contributed by atoms with Gasteiger partial charge in [0.1, 0.15) is 0 Å². The average Bonchev–Trinajstić information content (AvgIpc) is 2.86. The number of hydrogen-bond acceptors (Lipinski definition) is 5. The molecule has 0 aliphatic heterocycles. The summed E-state index contributed by atoms with van der Waals surface area (Å²) >= 11 is 0. The highest BCUT2D eigenvalue weighted by atomic mass is 32.2. The van der Waals surface area contributed by atoms with Crippen LogP contribution in [0.25, 0.3) is 0 Å². The highest BCUT2D eigenvalue weighted by molar-refractivity contribution is 7.91. The Balaban J connectivity index is 2.36. The van der Waals surface area contributed by atoms with Gasteiger partial charge in [0.2, 0.25) is 15.6 Å². The molecule has 1 aromatic heterocycles. The average molecular weight is 316 g/mol. The summed E-state index contributed by atoms with van der Waals surface area (Å²) in [5.41, 5.74) is 0.200. The zero-order chi connectivity index (χ0) is 15.6. The molecular formula is C12H10F2N2O4S. The Labute approximate surface area is 118 Å². The molecule has 1 heterocycles. The van der Waals surface area contributed by atoms with Crippen molar-refractivity contribution >= 4 is 21.4 Å². The predicted octanol–water partition coefficient (Wildman–Crippen LogP) is 2.23. The van der Waals surface area contributed by atoms with Gasteiger partial charge in [0, 0.05) is 6.07 Å². The molecule has 1 aromatic carbocycles. The van der Waals surface area contributed by atoms with Crippen LogP contribution in [0.5, 0.6) is 0 Å². The van der Waals surface area contributed by atoms with Crippen molar-refractivity contribution in [3.8, 4) is 0 Å². The molecule has 21 heavy (non-hydrogen) atoms. The van der Waals surface area contributed by atoms with Crippen LogP contribution in [0.4, 0.5) is 14.5 Å². The number of nitrogens with one attached hydrogen (secondary N) is 1. The Hall–Kier alpha value is -2.29. The summed E-state index contributed by atoms with van der Waals surface area (Å²) in [6.07, 6.45) is 0.